The summed E-state index contributed by atoms with van der Waals surface area (Å²) in [4.78, 5) is 0.229. The standard InChI is InChI=1S/C13H16BrN3O2S/c1-8-5-6-12(11(14)7-8)16-20(18,19)13-9(2)15-17(4)10(13)3/h5-7,16H,1-4H3. The van der Waals surface area contributed by atoms with Gasteiger partial charge in [0, 0.05) is 11.5 Å². The Balaban J connectivity index is 2.46. The maximum absolute atomic E-state index is 12.5. The van der Waals surface area contributed by atoms with Crippen LogP contribution in [0.15, 0.2) is 27.6 Å². The van der Waals surface area contributed by atoms with Gasteiger partial charge in [-0.15, -0.1) is 0 Å². The first kappa shape index (κ1) is 15.1. The van der Waals surface area contributed by atoms with Crippen LogP contribution in [-0.4, -0.2) is 18.2 Å². The van der Waals surface area contributed by atoms with E-state index in [1.807, 2.05) is 19.1 Å². The number of nitrogens with zero attached hydrogens (tertiary/aromatic N) is 2. The molecule has 0 aliphatic carbocycles. The Kier molecular flexibility index (Phi) is 3.93. The van der Waals surface area contributed by atoms with Gasteiger partial charge in [-0.1, -0.05) is 6.07 Å². The van der Waals surface area contributed by atoms with Crippen molar-refractivity contribution in [2.45, 2.75) is 25.7 Å². The van der Waals surface area contributed by atoms with Gasteiger partial charge in [0.1, 0.15) is 4.90 Å². The number of nitrogens with one attached hydrogen (secondary N) is 1. The molecule has 108 valence electrons. The summed E-state index contributed by atoms with van der Waals surface area (Å²) < 4.78 is 29.9. The maximum Gasteiger partial charge on any atom is 0.265 e. The van der Waals surface area contributed by atoms with Crippen LogP contribution in [0.5, 0.6) is 0 Å². The smallest absolute Gasteiger partial charge is 0.265 e. The van der Waals surface area contributed by atoms with E-state index in [1.54, 1.807) is 31.6 Å². The van der Waals surface area contributed by atoms with Gasteiger partial charge in [-0.3, -0.25) is 9.40 Å². The SMILES string of the molecule is Cc1ccc(NS(=O)(=O)c2c(C)nn(C)c2C)c(Br)c1. The Bertz CT molecular complexity index is 766. The van der Waals surface area contributed by atoms with Crippen LogP contribution in [0.1, 0.15) is 17.0 Å². The van der Waals surface area contributed by atoms with Crippen LogP contribution in [0.4, 0.5) is 5.69 Å². The lowest BCUT2D eigenvalue weighted by atomic mass is 10.2. The molecule has 0 amide bonds. The predicted molar refractivity (Wildman–Crippen MR) is 82.4 cm³/mol. The number of hydrogen-bond acceptors (Lipinski definition) is 3. The van der Waals surface area contributed by atoms with E-state index in [0.717, 1.165) is 5.56 Å². The van der Waals surface area contributed by atoms with Gasteiger partial charge in [-0.2, -0.15) is 5.10 Å². The largest absolute Gasteiger partial charge is 0.278 e. The van der Waals surface area contributed by atoms with Crippen LogP contribution in [0.25, 0.3) is 0 Å². The second-order valence-corrected chi connectivity index (χ2v) is 7.19. The molecule has 0 saturated heterocycles. The normalized spacial score (nSPS) is 11.7. The number of aromatic nitrogens is 2. The minimum Gasteiger partial charge on any atom is -0.278 e. The number of anilines is 1. The zero-order chi connectivity index (χ0) is 15.1. The predicted octanol–water partition coefficient (Wildman–Crippen LogP) is 2.91. The molecular formula is C13H16BrN3O2S. The highest BCUT2D eigenvalue weighted by molar-refractivity contribution is 9.10. The van der Waals surface area contributed by atoms with Crippen molar-refractivity contribution in [3.8, 4) is 0 Å². The van der Waals surface area contributed by atoms with Crippen molar-refractivity contribution in [1.29, 1.82) is 0 Å². The molecule has 5 nitrogen and oxygen atoms in total. The third-order valence-electron chi connectivity index (χ3n) is 3.08. The highest BCUT2D eigenvalue weighted by Crippen LogP contribution is 2.27. The molecule has 0 spiro atoms. The van der Waals surface area contributed by atoms with Crippen LogP contribution in [0, 0.1) is 20.8 Å². The number of sulfonamides is 1. The number of rotatable bonds is 3. The summed E-state index contributed by atoms with van der Waals surface area (Å²) in [6.45, 7) is 5.36. The summed E-state index contributed by atoms with van der Waals surface area (Å²) in [6, 6.07) is 5.45. The van der Waals surface area contributed by atoms with E-state index in [0.29, 0.717) is 21.5 Å². The van der Waals surface area contributed by atoms with E-state index in [2.05, 4.69) is 25.8 Å². The van der Waals surface area contributed by atoms with E-state index < -0.39 is 10.0 Å². The number of aryl methyl sites for hydroxylation is 3. The summed E-state index contributed by atoms with van der Waals surface area (Å²) in [7, 11) is -1.93. The summed E-state index contributed by atoms with van der Waals surface area (Å²) in [5.41, 5.74) is 2.66. The zero-order valence-corrected chi connectivity index (χ0v) is 14.1. The molecule has 2 rings (SSSR count). The van der Waals surface area contributed by atoms with Crippen molar-refractivity contribution in [3.05, 3.63) is 39.6 Å². The summed E-state index contributed by atoms with van der Waals surface area (Å²) in [6.07, 6.45) is 0. The molecule has 0 bridgehead atoms. The molecule has 0 atom stereocenters. The molecule has 0 saturated carbocycles. The average molecular weight is 358 g/mol. The Hall–Kier alpha value is -1.34. The highest BCUT2D eigenvalue weighted by Gasteiger charge is 2.24. The Morgan fingerprint density at radius 2 is 1.90 bits per heavy atom. The fourth-order valence-electron chi connectivity index (χ4n) is 2.04. The van der Waals surface area contributed by atoms with E-state index in [-0.39, 0.29) is 4.90 Å². The van der Waals surface area contributed by atoms with Crippen molar-refractivity contribution >= 4 is 31.6 Å². The summed E-state index contributed by atoms with van der Waals surface area (Å²) in [5, 5.41) is 4.14. The molecule has 0 aliphatic heterocycles. The summed E-state index contributed by atoms with van der Waals surface area (Å²) >= 11 is 3.37. The molecule has 2 aromatic rings. The fraction of sp³-hybridized carbons (Fsp3) is 0.308. The van der Waals surface area contributed by atoms with Crippen LogP contribution >= 0.6 is 15.9 Å². The van der Waals surface area contributed by atoms with E-state index in [1.165, 1.54) is 0 Å². The Morgan fingerprint density at radius 1 is 1.25 bits per heavy atom. The lowest BCUT2D eigenvalue weighted by molar-refractivity contribution is 0.599. The molecule has 0 unspecified atom stereocenters. The number of halogens is 1. The van der Waals surface area contributed by atoms with E-state index in [4.69, 9.17) is 0 Å². The van der Waals surface area contributed by atoms with Crippen LogP contribution in [0.2, 0.25) is 0 Å². The minimum absolute atomic E-state index is 0.229. The molecule has 1 heterocycles. The van der Waals surface area contributed by atoms with Gasteiger partial charge in [0.25, 0.3) is 10.0 Å². The van der Waals surface area contributed by atoms with E-state index in [9.17, 15) is 8.42 Å². The number of hydrogen-bond donors (Lipinski definition) is 1. The van der Waals surface area contributed by atoms with E-state index >= 15 is 0 Å². The monoisotopic (exact) mass is 357 g/mol. The average Bonchev–Trinajstić information content (AvgIpc) is 2.57. The van der Waals surface area contributed by atoms with Crippen molar-refractivity contribution in [1.82, 2.24) is 9.78 Å². The van der Waals surface area contributed by atoms with Crippen LogP contribution in [-0.2, 0) is 17.1 Å². The van der Waals surface area contributed by atoms with Crippen molar-refractivity contribution < 1.29 is 8.42 Å². The quantitative estimate of drug-likeness (QED) is 0.918. The highest BCUT2D eigenvalue weighted by atomic mass is 79.9. The second kappa shape index (κ2) is 5.21. The first-order valence-electron chi connectivity index (χ1n) is 6.01. The van der Waals surface area contributed by atoms with Gasteiger partial charge < -0.3 is 0 Å². The van der Waals surface area contributed by atoms with Crippen LogP contribution in [0.3, 0.4) is 0 Å². The first-order valence-corrected chi connectivity index (χ1v) is 8.29. The lowest BCUT2D eigenvalue weighted by Gasteiger charge is -2.10. The van der Waals surface area contributed by atoms with Crippen molar-refractivity contribution in [3.63, 3.8) is 0 Å². The minimum atomic E-state index is -3.65. The van der Waals surface area contributed by atoms with Gasteiger partial charge in [0.15, 0.2) is 0 Å². The Morgan fingerprint density at radius 3 is 2.40 bits per heavy atom. The molecule has 0 radical (unpaired) electrons. The Labute approximate surface area is 127 Å². The third-order valence-corrected chi connectivity index (χ3v) is 5.35. The molecular weight excluding hydrogens is 342 g/mol. The van der Waals surface area contributed by atoms with Crippen molar-refractivity contribution in [2.75, 3.05) is 4.72 Å². The van der Waals surface area contributed by atoms with Crippen LogP contribution < -0.4 is 4.72 Å². The molecule has 1 aromatic heterocycles. The van der Waals surface area contributed by atoms with Gasteiger partial charge in [-0.25, -0.2) is 8.42 Å². The second-order valence-electron chi connectivity index (χ2n) is 4.71. The lowest BCUT2D eigenvalue weighted by Crippen LogP contribution is -2.15. The molecule has 0 fully saturated rings. The molecule has 0 aliphatic rings. The molecule has 7 heteroatoms. The zero-order valence-electron chi connectivity index (χ0n) is 11.7. The molecule has 1 aromatic carbocycles. The topological polar surface area (TPSA) is 64.0 Å². The van der Waals surface area contributed by atoms with Gasteiger partial charge in [0.2, 0.25) is 0 Å². The first-order chi connectivity index (χ1) is 9.22. The molecule has 1 N–H and O–H groups in total. The van der Waals surface area contributed by atoms with Crippen molar-refractivity contribution in [2.24, 2.45) is 7.05 Å². The number of benzene rings is 1. The van der Waals surface area contributed by atoms with Gasteiger partial charge in [-0.05, 0) is 54.4 Å². The van der Waals surface area contributed by atoms with Gasteiger partial charge in [0.05, 0.1) is 17.1 Å². The van der Waals surface area contributed by atoms with Gasteiger partial charge >= 0.3 is 0 Å². The fourth-order valence-corrected chi connectivity index (χ4v) is 4.29. The molecule has 20 heavy (non-hydrogen) atoms. The summed E-state index contributed by atoms with van der Waals surface area (Å²) in [5.74, 6) is 0. The maximum atomic E-state index is 12.5. The third kappa shape index (κ3) is 2.73.